The summed E-state index contributed by atoms with van der Waals surface area (Å²) in [6.07, 6.45) is 3.41. The highest BCUT2D eigenvalue weighted by Gasteiger charge is 2.37. The molecular weight excluding hydrogens is 261 g/mol. The number of fused-ring (bicyclic) bond motifs is 1. The molecule has 0 atom stereocenters. The van der Waals surface area contributed by atoms with Gasteiger partial charge in [0.1, 0.15) is 5.82 Å². The molecule has 102 valence electrons. The van der Waals surface area contributed by atoms with E-state index in [4.69, 9.17) is 0 Å². The van der Waals surface area contributed by atoms with E-state index in [1.54, 1.807) is 31.0 Å². The summed E-state index contributed by atoms with van der Waals surface area (Å²) in [6, 6.07) is 2.44. The smallest absolute Gasteiger partial charge is 0.299 e. The molecule has 1 aliphatic heterocycles. The average molecular weight is 273 g/mol. The van der Waals surface area contributed by atoms with Gasteiger partial charge in [0.25, 0.3) is 11.7 Å². The van der Waals surface area contributed by atoms with Gasteiger partial charge in [0.15, 0.2) is 0 Å². The first-order valence-corrected chi connectivity index (χ1v) is 6.11. The number of rotatable bonds is 2. The van der Waals surface area contributed by atoms with E-state index in [1.807, 2.05) is 0 Å². The molecule has 1 aromatic carbocycles. The predicted octanol–water partition coefficient (Wildman–Crippen LogP) is 1.60. The summed E-state index contributed by atoms with van der Waals surface area (Å²) in [7, 11) is 1.77. The molecule has 0 unspecified atom stereocenters. The predicted molar refractivity (Wildman–Crippen MR) is 69.9 cm³/mol. The van der Waals surface area contributed by atoms with Gasteiger partial charge in [0, 0.05) is 18.8 Å². The Hall–Kier alpha value is -2.50. The molecule has 20 heavy (non-hydrogen) atoms. The van der Waals surface area contributed by atoms with E-state index in [-0.39, 0.29) is 12.1 Å². The van der Waals surface area contributed by atoms with Crippen LogP contribution in [0, 0.1) is 12.7 Å². The number of hydrogen-bond donors (Lipinski definition) is 0. The molecule has 0 saturated heterocycles. The summed E-state index contributed by atoms with van der Waals surface area (Å²) in [5, 5.41) is 4.03. The van der Waals surface area contributed by atoms with Gasteiger partial charge in [-0.2, -0.15) is 5.10 Å². The SMILES string of the molecule is Cc1cc(F)cc2c1N(Cc1cnn(C)c1)C(=O)C2=O. The number of carbonyl (C=O) groups is 2. The molecule has 0 saturated carbocycles. The van der Waals surface area contributed by atoms with Crippen molar-refractivity contribution in [1.82, 2.24) is 9.78 Å². The Kier molecular flexibility index (Phi) is 2.67. The molecule has 0 radical (unpaired) electrons. The van der Waals surface area contributed by atoms with Crippen LogP contribution in [0.2, 0.25) is 0 Å². The van der Waals surface area contributed by atoms with Crippen molar-refractivity contribution < 1.29 is 14.0 Å². The van der Waals surface area contributed by atoms with Crippen LogP contribution in [-0.2, 0) is 18.4 Å². The number of ketones is 1. The number of halogens is 1. The minimum Gasteiger partial charge on any atom is -0.300 e. The number of carbonyl (C=O) groups excluding carboxylic acids is 2. The van der Waals surface area contributed by atoms with Crippen molar-refractivity contribution in [3.05, 3.63) is 47.0 Å². The van der Waals surface area contributed by atoms with Gasteiger partial charge in [-0.25, -0.2) is 4.39 Å². The molecule has 0 N–H and O–H groups in total. The minimum atomic E-state index is -0.661. The first kappa shape index (κ1) is 12.5. The maximum Gasteiger partial charge on any atom is 0.299 e. The normalized spacial score (nSPS) is 14.1. The zero-order valence-electron chi connectivity index (χ0n) is 11.1. The lowest BCUT2D eigenvalue weighted by molar-refractivity contribution is -0.114. The molecule has 5 nitrogen and oxygen atoms in total. The fourth-order valence-corrected chi connectivity index (χ4v) is 2.49. The summed E-state index contributed by atoms with van der Waals surface area (Å²) in [4.78, 5) is 25.4. The summed E-state index contributed by atoms with van der Waals surface area (Å²) >= 11 is 0. The fourth-order valence-electron chi connectivity index (χ4n) is 2.49. The van der Waals surface area contributed by atoms with E-state index in [0.29, 0.717) is 11.3 Å². The number of anilines is 1. The lowest BCUT2D eigenvalue weighted by Crippen LogP contribution is -2.29. The third-order valence-electron chi connectivity index (χ3n) is 3.32. The standard InChI is InChI=1S/C14H12FN3O2/c1-8-3-10(15)4-11-12(8)18(14(20)13(11)19)7-9-5-16-17(2)6-9/h3-6H,7H2,1-2H3. The van der Waals surface area contributed by atoms with E-state index < -0.39 is 17.5 Å². The van der Waals surface area contributed by atoms with Gasteiger partial charge < -0.3 is 0 Å². The second-order valence-corrected chi connectivity index (χ2v) is 4.86. The van der Waals surface area contributed by atoms with Gasteiger partial charge in [-0.05, 0) is 24.6 Å². The summed E-state index contributed by atoms with van der Waals surface area (Å²) in [5.74, 6) is -1.80. The Morgan fingerprint density at radius 3 is 2.70 bits per heavy atom. The number of benzene rings is 1. The van der Waals surface area contributed by atoms with Gasteiger partial charge in [0.05, 0.1) is 24.0 Å². The first-order chi connectivity index (χ1) is 9.47. The molecule has 1 aromatic heterocycles. The second-order valence-electron chi connectivity index (χ2n) is 4.86. The van der Waals surface area contributed by atoms with E-state index in [9.17, 15) is 14.0 Å². The van der Waals surface area contributed by atoms with Crippen molar-refractivity contribution in [3.63, 3.8) is 0 Å². The Morgan fingerprint density at radius 2 is 2.05 bits per heavy atom. The quantitative estimate of drug-likeness (QED) is 0.781. The van der Waals surface area contributed by atoms with Crippen LogP contribution >= 0.6 is 0 Å². The molecular formula is C14H12FN3O2. The minimum absolute atomic E-state index is 0.136. The Morgan fingerprint density at radius 1 is 1.30 bits per heavy atom. The third-order valence-corrected chi connectivity index (χ3v) is 3.32. The molecule has 3 rings (SSSR count). The molecule has 6 heteroatoms. The fraction of sp³-hybridized carbons (Fsp3) is 0.214. The van der Waals surface area contributed by atoms with Crippen LogP contribution in [0.5, 0.6) is 0 Å². The molecule has 1 aliphatic rings. The van der Waals surface area contributed by atoms with Crippen molar-refractivity contribution in [3.8, 4) is 0 Å². The van der Waals surface area contributed by atoms with Crippen LogP contribution in [0.15, 0.2) is 24.5 Å². The summed E-state index contributed by atoms with van der Waals surface area (Å²) in [5.41, 5.74) is 2.01. The highest BCUT2D eigenvalue weighted by Crippen LogP contribution is 2.34. The number of aromatic nitrogens is 2. The third kappa shape index (κ3) is 1.80. The maximum atomic E-state index is 13.4. The molecule has 2 heterocycles. The van der Waals surface area contributed by atoms with Crippen LogP contribution in [0.25, 0.3) is 0 Å². The molecule has 0 spiro atoms. The van der Waals surface area contributed by atoms with Crippen molar-refractivity contribution in [2.45, 2.75) is 13.5 Å². The number of Topliss-reactive ketones (excluding diaryl/α,β-unsaturated/α-hetero) is 1. The molecule has 0 fully saturated rings. The maximum absolute atomic E-state index is 13.4. The van der Waals surface area contributed by atoms with Crippen molar-refractivity contribution in [2.75, 3.05) is 4.90 Å². The zero-order chi connectivity index (χ0) is 14.4. The van der Waals surface area contributed by atoms with E-state index in [1.165, 1.54) is 11.0 Å². The number of aryl methyl sites for hydroxylation is 2. The van der Waals surface area contributed by atoms with Gasteiger partial charge >= 0.3 is 0 Å². The van der Waals surface area contributed by atoms with E-state index in [2.05, 4.69) is 5.10 Å². The first-order valence-electron chi connectivity index (χ1n) is 6.11. The summed E-state index contributed by atoms with van der Waals surface area (Å²) < 4.78 is 15.0. The van der Waals surface area contributed by atoms with Crippen molar-refractivity contribution in [1.29, 1.82) is 0 Å². The molecule has 0 aliphatic carbocycles. The number of amides is 1. The summed E-state index contributed by atoms with van der Waals surface area (Å²) in [6.45, 7) is 1.93. The largest absolute Gasteiger partial charge is 0.300 e. The number of nitrogens with zero attached hydrogens (tertiary/aromatic N) is 3. The highest BCUT2D eigenvalue weighted by atomic mass is 19.1. The van der Waals surface area contributed by atoms with Crippen LogP contribution in [-0.4, -0.2) is 21.5 Å². The molecule has 1 amide bonds. The van der Waals surface area contributed by atoms with E-state index in [0.717, 1.165) is 11.6 Å². The average Bonchev–Trinajstić information content (AvgIpc) is 2.88. The van der Waals surface area contributed by atoms with Crippen LogP contribution in [0.4, 0.5) is 10.1 Å². The topological polar surface area (TPSA) is 55.2 Å². The number of hydrogen-bond acceptors (Lipinski definition) is 3. The van der Waals surface area contributed by atoms with Crippen LogP contribution < -0.4 is 4.90 Å². The highest BCUT2D eigenvalue weighted by molar-refractivity contribution is 6.52. The van der Waals surface area contributed by atoms with Gasteiger partial charge in [-0.3, -0.25) is 19.2 Å². The second kappa shape index (κ2) is 4.26. The lowest BCUT2D eigenvalue weighted by atomic mass is 10.1. The van der Waals surface area contributed by atoms with Gasteiger partial charge in [0.2, 0.25) is 0 Å². The van der Waals surface area contributed by atoms with Crippen molar-refractivity contribution in [2.24, 2.45) is 7.05 Å². The van der Waals surface area contributed by atoms with Gasteiger partial charge in [-0.1, -0.05) is 0 Å². The monoisotopic (exact) mass is 273 g/mol. The van der Waals surface area contributed by atoms with Crippen molar-refractivity contribution >= 4 is 17.4 Å². The van der Waals surface area contributed by atoms with Crippen LogP contribution in [0.3, 0.4) is 0 Å². The van der Waals surface area contributed by atoms with Gasteiger partial charge in [-0.15, -0.1) is 0 Å². The van der Waals surface area contributed by atoms with Crippen LogP contribution in [0.1, 0.15) is 21.5 Å². The van der Waals surface area contributed by atoms with E-state index >= 15 is 0 Å². The molecule has 0 bridgehead atoms. The lowest BCUT2D eigenvalue weighted by Gasteiger charge is -2.17. The zero-order valence-corrected chi connectivity index (χ0v) is 11.1. The Labute approximate surface area is 114 Å². The Bertz CT molecular complexity index is 736. The molecule has 2 aromatic rings. The Balaban J connectivity index is 2.06.